The fraction of sp³-hybridized carbons (Fsp3) is 0.438. The molecule has 4 nitrogen and oxygen atoms in total. The quantitative estimate of drug-likeness (QED) is 0.917. The van der Waals surface area contributed by atoms with E-state index in [0.29, 0.717) is 11.6 Å². The van der Waals surface area contributed by atoms with Crippen LogP contribution in [0.15, 0.2) is 30.7 Å². The van der Waals surface area contributed by atoms with Crippen molar-refractivity contribution in [3.63, 3.8) is 0 Å². The maximum atomic E-state index is 13.3. The van der Waals surface area contributed by atoms with Gasteiger partial charge in [-0.3, -0.25) is 4.90 Å². The van der Waals surface area contributed by atoms with E-state index in [1.807, 2.05) is 6.07 Å². The Kier molecular flexibility index (Phi) is 5.08. The fourth-order valence-corrected chi connectivity index (χ4v) is 3.01. The molecule has 2 aromatic rings. The summed E-state index contributed by atoms with van der Waals surface area (Å²) in [7, 11) is 0. The average Bonchev–Trinajstić information content (AvgIpc) is 2.99. The summed E-state index contributed by atoms with van der Waals surface area (Å²) in [6.07, 6.45) is 5.68. The minimum absolute atomic E-state index is 0.274. The zero-order valence-corrected chi connectivity index (χ0v) is 13.0. The second-order valence-corrected chi connectivity index (χ2v) is 6.08. The molecule has 1 aromatic carbocycles. The first-order valence-corrected chi connectivity index (χ1v) is 7.83. The summed E-state index contributed by atoms with van der Waals surface area (Å²) < 4.78 is 19.2. The Labute approximate surface area is 134 Å². The van der Waals surface area contributed by atoms with Crippen LogP contribution >= 0.6 is 11.6 Å². The lowest BCUT2D eigenvalue weighted by molar-refractivity contribution is -0.00512. The molecule has 0 spiro atoms. The second-order valence-electron chi connectivity index (χ2n) is 5.64. The SMILES string of the molecule is Fc1cc(Cl)cc(CN2CCC(OCc3cnc[nH]3)CC2)c1. The maximum Gasteiger partial charge on any atom is 0.125 e. The van der Waals surface area contributed by atoms with E-state index in [1.165, 1.54) is 6.07 Å². The fourth-order valence-electron chi connectivity index (χ4n) is 2.77. The van der Waals surface area contributed by atoms with Gasteiger partial charge in [-0.15, -0.1) is 0 Å². The number of hydrogen-bond donors (Lipinski definition) is 1. The van der Waals surface area contributed by atoms with Crippen molar-refractivity contribution in [2.45, 2.75) is 32.1 Å². The van der Waals surface area contributed by atoms with Gasteiger partial charge in [-0.1, -0.05) is 11.6 Å². The molecule has 3 rings (SSSR count). The summed E-state index contributed by atoms with van der Waals surface area (Å²) in [5.74, 6) is -0.278. The average molecular weight is 324 g/mol. The van der Waals surface area contributed by atoms with Crippen LogP contribution in [0, 0.1) is 5.82 Å². The Morgan fingerprint density at radius 1 is 1.32 bits per heavy atom. The summed E-state index contributed by atoms with van der Waals surface area (Å²) in [6, 6.07) is 4.71. The van der Waals surface area contributed by atoms with Crippen molar-refractivity contribution in [2.75, 3.05) is 13.1 Å². The number of halogens is 2. The lowest BCUT2D eigenvalue weighted by Gasteiger charge is -2.31. The third-order valence-corrected chi connectivity index (χ3v) is 4.11. The molecule has 118 valence electrons. The van der Waals surface area contributed by atoms with Gasteiger partial charge in [0.2, 0.25) is 0 Å². The number of rotatable bonds is 5. The first-order chi connectivity index (χ1) is 10.7. The predicted octanol–water partition coefficient (Wildman–Crippen LogP) is 3.38. The zero-order chi connectivity index (χ0) is 15.4. The van der Waals surface area contributed by atoms with E-state index in [2.05, 4.69) is 14.9 Å². The second kappa shape index (κ2) is 7.22. The number of piperidine rings is 1. The third kappa shape index (κ3) is 4.29. The number of nitrogens with one attached hydrogen (secondary N) is 1. The molecule has 1 aromatic heterocycles. The van der Waals surface area contributed by atoms with Crippen molar-refractivity contribution in [1.29, 1.82) is 0 Å². The topological polar surface area (TPSA) is 41.1 Å². The number of aromatic nitrogens is 2. The van der Waals surface area contributed by atoms with E-state index in [4.69, 9.17) is 16.3 Å². The highest BCUT2D eigenvalue weighted by atomic mass is 35.5. The number of aromatic amines is 1. The molecule has 0 saturated carbocycles. The van der Waals surface area contributed by atoms with Crippen LogP contribution in [0.4, 0.5) is 4.39 Å². The Morgan fingerprint density at radius 3 is 2.82 bits per heavy atom. The van der Waals surface area contributed by atoms with Crippen molar-refractivity contribution in [1.82, 2.24) is 14.9 Å². The van der Waals surface area contributed by atoms with E-state index in [0.717, 1.165) is 43.7 Å². The minimum Gasteiger partial charge on any atom is -0.372 e. The highest BCUT2D eigenvalue weighted by Gasteiger charge is 2.20. The molecule has 2 heterocycles. The smallest absolute Gasteiger partial charge is 0.125 e. The molecule has 1 aliphatic rings. The van der Waals surface area contributed by atoms with E-state index < -0.39 is 0 Å². The number of likely N-dealkylation sites (tertiary alicyclic amines) is 1. The molecular formula is C16H19ClFN3O. The number of nitrogens with zero attached hydrogens (tertiary/aromatic N) is 2. The van der Waals surface area contributed by atoms with Crippen LogP contribution in [0.5, 0.6) is 0 Å². The lowest BCUT2D eigenvalue weighted by atomic mass is 10.1. The monoisotopic (exact) mass is 323 g/mol. The van der Waals surface area contributed by atoms with Crippen LogP contribution in [0.2, 0.25) is 5.02 Å². The van der Waals surface area contributed by atoms with Crippen LogP contribution in [0.3, 0.4) is 0 Å². The number of hydrogen-bond acceptors (Lipinski definition) is 3. The van der Waals surface area contributed by atoms with Gasteiger partial charge in [-0.25, -0.2) is 9.37 Å². The molecule has 1 N–H and O–H groups in total. The van der Waals surface area contributed by atoms with E-state index in [-0.39, 0.29) is 11.9 Å². The van der Waals surface area contributed by atoms with Crippen molar-refractivity contribution in [3.05, 3.63) is 52.8 Å². The normalized spacial score (nSPS) is 17.0. The Bertz CT molecular complexity index is 577. The maximum absolute atomic E-state index is 13.3. The van der Waals surface area contributed by atoms with E-state index in [9.17, 15) is 4.39 Å². The standard InChI is InChI=1S/C16H19ClFN3O/c17-13-5-12(6-14(18)7-13)9-21-3-1-16(2-4-21)22-10-15-8-19-11-20-15/h5-8,11,16H,1-4,9-10H2,(H,19,20). The molecule has 22 heavy (non-hydrogen) atoms. The summed E-state index contributed by atoms with van der Waals surface area (Å²) >= 11 is 5.89. The molecule has 0 amide bonds. The highest BCUT2D eigenvalue weighted by molar-refractivity contribution is 6.30. The zero-order valence-electron chi connectivity index (χ0n) is 12.3. The summed E-state index contributed by atoms with van der Waals surface area (Å²) in [6.45, 7) is 3.19. The molecule has 1 saturated heterocycles. The van der Waals surface area contributed by atoms with Gasteiger partial charge in [-0.2, -0.15) is 0 Å². The van der Waals surface area contributed by atoms with Gasteiger partial charge in [0.05, 0.1) is 30.9 Å². The minimum atomic E-state index is -0.278. The molecule has 6 heteroatoms. The van der Waals surface area contributed by atoms with Gasteiger partial charge in [0.25, 0.3) is 0 Å². The van der Waals surface area contributed by atoms with E-state index >= 15 is 0 Å². The van der Waals surface area contributed by atoms with E-state index in [1.54, 1.807) is 18.6 Å². The van der Waals surface area contributed by atoms with Gasteiger partial charge >= 0.3 is 0 Å². The number of ether oxygens (including phenoxy) is 1. The lowest BCUT2D eigenvalue weighted by Crippen LogP contribution is -2.36. The molecule has 0 unspecified atom stereocenters. The van der Waals surface area contributed by atoms with Crippen molar-refractivity contribution in [2.24, 2.45) is 0 Å². The van der Waals surface area contributed by atoms with Crippen LogP contribution in [-0.4, -0.2) is 34.1 Å². The summed E-state index contributed by atoms with van der Waals surface area (Å²) in [4.78, 5) is 9.31. The van der Waals surface area contributed by atoms with Gasteiger partial charge in [0.1, 0.15) is 5.82 Å². The number of H-pyrrole nitrogens is 1. The third-order valence-electron chi connectivity index (χ3n) is 3.89. The first-order valence-electron chi connectivity index (χ1n) is 7.45. The molecule has 1 fully saturated rings. The van der Waals surface area contributed by atoms with Gasteiger partial charge in [0, 0.05) is 24.7 Å². The molecule has 0 atom stereocenters. The Balaban J connectivity index is 1.45. The van der Waals surface area contributed by atoms with Crippen LogP contribution in [-0.2, 0) is 17.9 Å². The highest BCUT2D eigenvalue weighted by Crippen LogP contribution is 2.20. The largest absolute Gasteiger partial charge is 0.372 e. The van der Waals surface area contributed by atoms with Crippen LogP contribution in [0.25, 0.3) is 0 Å². The predicted molar refractivity (Wildman–Crippen MR) is 83.1 cm³/mol. The Morgan fingerprint density at radius 2 is 2.14 bits per heavy atom. The van der Waals surface area contributed by atoms with Crippen molar-refractivity contribution in [3.8, 4) is 0 Å². The van der Waals surface area contributed by atoms with Gasteiger partial charge in [-0.05, 0) is 36.6 Å². The number of benzene rings is 1. The van der Waals surface area contributed by atoms with Gasteiger partial charge in [0.15, 0.2) is 0 Å². The summed E-state index contributed by atoms with van der Waals surface area (Å²) in [5, 5.41) is 0.452. The van der Waals surface area contributed by atoms with Crippen molar-refractivity contribution < 1.29 is 9.13 Å². The Hall–Kier alpha value is -1.43. The van der Waals surface area contributed by atoms with Crippen LogP contribution < -0.4 is 0 Å². The first kappa shape index (κ1) is 15.5. The molecule has 0 radical (unpaired) electrons. The molecule has 0 bridgehead atoms. The molecular weight excluding hydrogens is 305 g/mol. The summed E-state index contributed by atoms with van der Waals surface area (Å²) in [5.41, 5.74) is 1.92. The van der Waals surface area contributed by atoms with Crippen LogP contribution in [0.1, 0.15) is 24.1 Å². The van der Waals surface area contributed by atoms with Gasteiger partial charge < -0.3 is 9.72 Å². The molecule has 0 aliphatic carbocycles. The number of imidazole rings is 1. The molecule has 1 aliphatic heterocycles. The van der Waals surface area contributed by atoms with Crippen molar-refractivity contribution >= 4 is 11.6 Å².